The van der Waals surface area contributed by atoms with Crippen LogP contribution in [-0.2, 0) is 9.53 Å². The number of hydrogen-bond donors (Lipinski definition) is 1. The lowest BCUT2D eigenvalue weighted by atomic mass is 10.0. The minimum atomic E-state index is -3.05. The van der Waals surface area contributed by atoms with Gasteiger partial charge in [0.05, 0.1) is 0 Å². The first-order chi connectivity index (χ1) is 11.8. The molecule has 7 heteroatoms. The summed E-state index contributed by atoms with van der Waals surface area (Å²) >= 11 is 0. The van der Waals surface area contributed by atoms with Gasteiger partial charge in [0.2, 0.25) is 0 Å². The van der Waals surface area contributed by atoms with Crippen LogP contribution in [0.3, 0.4) is 0 Å². The zero-order valence-electron chi connectivity index (χ0n) is 14.8. The average molecular weight is 357 g/mol. The number of nitrogens with one attached hydrogen (secondary N) is 1. The quantitative estimate of drug-likeness (QED) is 0.647. The Morgan fingerprint density at radius 2 is 1.80 bits per heavy atom. The maximum Gasteiger partial charge on any atom is 0.387 e. The Bertz CT molecular complexity index is 564. The van der Waals surface area contributed by atoms with Crippen LogP contribution in [-0.4, -0.2) is 31.1 Å². The van der Waals surface area contributed by atoms with E-state index in [0.717, 1.165) is 19.3 Å². The fourth-order valence-electron chi connectivity index (χ4n) is 2.26. The zero-order valence-corrected chi connectivity index (χ0v) is 14.8. The van der Waals surface area contributed by atoms with Crippen LogP contribution in [0.1, 0.15) is 50.4 Å². The van der Waals surface area contributed by atoms with Crippen LogP contribution in [0.2, 0.25) is 0 Å². The molecule has 1 aromatic rings. The Hall–Kier alpha value is -2.18. The molecule has 1 N–H and O–H groups in total. The molecule has 0 saturated carbocycles. The van der Waals surface area contributed by atoms with Crippen molar-refractivity contribution >= 4 is 11.9 Å². The number of esters is 1. The van der Waals surface area contributed by atoms with Crippen molar-refractivity contribution in [2.75, 3.05) is 6.61 Å². The third-order valence-corrected chi connectivity index (χ3v) is 3.48. The second kappa shape index (κ2) is 10.6. The summed E-state index contributed by atoms with van der Waals surface area (Å²) in [7, 11) is 0. The monoisotopic (exact) mass is 357 g/mol. The van der Waals surface area contributed by atoms with Crippen molar-refractivity contribution in [1.29, 1.82) is 0 Å². The molecular formula is C18H25F2NO4. The van der Waals surface area contributed by atoms with Crippen LogP contribution in [0, 0.1) is 5.92 Å². The van der Waals surface area contributed by atoms with Gasteiger partial charge in [0.15, 0.2) is 6.61 Å². The van der Waals surface area contributed by atoms with Crippen molar-refractivity contribution in [3.8, 4) is 5.75 Å². The van der Waals surface area contributed by atoms with Crippen LogP contribution < -0.4 is 10.1 Å². The molecule has 1 atom stereocenters. The highest BCUT2D eigenvalue weighted by molar-refractivity contribution is 5.94. The number of hydrogen-bond acceptors (Lipinski definition) is 4. The fourth-order valence-corrected chi connectivity index (χ4v) is 2.26. The zero-order chi connectivity index (χ0) is 18.8. The van der Waals surface area contributed by atoms with Crippen molar-refractivity contribution in [3.63, 3.8) is 0 Å². The van der Waals surface area contributed by atoms with Gasteiger partial charge in [-0.1, -0.05) is 38.8 Å². The molecular weight excluding hydrogens is 332 g/mol. The summed E-state index contributed by atoms with van der Waals surface area (Å²) in [6.07, 6.45) is 2.91. The number of ether oxygens (including phenoxy) is 2. The minimum absolute atomic E-state index is 0.0283. The first-order valence-electron chi connectivity index (χ1n) is 8.30. The molecule has 1 unspecified atom stereocenters. The highest BCUT2D eigenvalue weighted by Crippen LogP contribution is 2.21. The van der Waals surface area contributed by atoms with E-state index in [-0.39, 0.29) is 17.4 Å². The molecule has 0 bridgehead atoms. The van der Waals surface area contributed by atoms with Crippen LogP contribution in [0.25, 0.3) is 0 Å². The van der Waals surface area contributed by atoms with Gasteiger partial charge in [-0.05, 0) is 31.4 Å². The molecule has 5 nitrogen and oxygen atoms in total. The summed E-state index contributed by atoms with van der Waals surface area (Å²) < 4.78 is 33.8. The van der Waals surface area contributed by atoms with Gasteiger partial charge < -0.3 is 14.8 Å². The first kappa shape index (κ1) is 20.9. The Labute approximate surface area is 146 Å². The fraction of sp³-hybridized carbons (Fsp3) is 0.556. The predicted octanol–water partition coefficient (Wildman–Crippen LogP) is 3.78. The summed E-state index contributed by atoms with van der Waals surface area (Å²) in [6, 6.07) is 5.46. The molecule has 0 saturated heterocycles. The summed E-state index contributed by atoms with van der Waals surface area (Å²) in [4.78, 5) is 23.8. The van der Waals surface area contributed by atoms with E-state index in [2.05, 4.69) is 23.9 Å². The van der Waals surface area contributed by atoms with E-state index in [0.29, 0.717) is 5.92 Å². The molecule has 0 aliphatic carbocycles. The molecule has 0 aliphatic rings. The number of halogens is 2. The van der Waals surface area contributed by atoms with Crippen LogP contribution in [0.15, 0.2) is 24.3 Å². The van der Waals surface area contributed by atoms with E-state index in [1.165, 1.54) is 24.3 Å². The maximum absolute atomic E-state index is 12.3. The van der Waals surface area contributed by atoms with Gasteiger partial charge in [0.25, 0.3) is 5.91 Å². The van der Waals surface area contributed by atoms with Gasteiger partial charge >= 0.3 is 12.6 Å². The number of benzene rings is 1. The van der Waals surface area contributed by atoms with Crippen LogP contribution in [0.5, 0.6) is 5.75 Å². The van der Waals surface area contributed by atoms with Crippen LogP contribution >= 0.6 is 0 Å². The predicted molar refractivity (Wildman–Crippen MR) is 89.7 cm³/mol. The lowest BCUT2D eigenvalue weighted by molar-refractivity contribution is -0.124. The topological polar surface area (TPSA) is 64.6 Å². The number of amides is 1. The van der Waals surface area contributed by atoms with Gasteiger partial charge in [-0.25, -0.2) is 4.79 Å². The van der Waals surface area contributed by atoms with E-state index in [9.17, 15) is 18.4 Å². The Balaban J connectivity index is 2.44. The van der Waals surface area contributed by atoms with Crippen molar-refractivity contribution in [2.24, 2.45) is 5.92 Å². The van der Waals surface area contributed by atoms with Crippen molar-refractivity contribution in [1.82, 2.24) is 5.32 Å². The largest absolute Gasteiger partial charge is 0.452 e. The summed E-state index contributed by atoms with van der Waals surface area (Å²) in [6.45, 7) is 2.63. The molecule has 1 amide bonds. The van der Waals surface area contributed by atoms with Gasteiger partial charge in [-0.15, -0.1) is 0 Å². The molecule has 0 aliphatic heterocycles. The summed E-state index contributed by atoms with van der Waals surface area (Å²) in [5.41, 5.74) is -0.152. The molecule has 140 valence electrons. The second-order valence-corrected chi connectivity index (χ2v) is 6.24. The molecule has 0 aromatic heterocycles. The highest BCUT2D eigenvalue weighted by atomic mass is 19.3. The maximum atomic E-state index is 12.3. The first-order valence-corrected chi connectivity index (χ1v) is 8.30. The third kappa shape index (κ3) is 8.47. The number of para-hydroxylation sites is 1. The van der Waals surface area contributed by atoms with E-state index >= 15 is 0 Å². The van der Waals surface area contributed by atoms with Crippen LogP contribution in [0.4, 0.5) is 8.78 Å². The van der Waals surface area contributed by atoms with Gasteiger partial charge in [0, 0.05) is 6.04 Å². The second-order valence-electron chi connectivity index (χ2n) is 6.24. The molecule has 0 heterocycles. The third-order valence-electron chi connectivity index (χ3n) is 3.48. The number of carbonyl (C=O) groups is 2. The smallest absolute Gasteiger partial charge is 0.387 e. The number of alkyl halides is 2. The Kier molecular flexibility index (Phi) is 8.88. The molecule has 1 aromatic carbocycles. The summed E-state index contributed by atoms with van der Waals surface area (Å²) in [5, 5.41) is 2.74. The van der Waals surface area contributed by atoms with Gasteiger partial charge in [0.1, 0.15) is 11.3 Å². The van der Waals surface area contributed by atoms with E-state index in [1.54, 1.807) is 0 Å². The standard InChI is InChI=1S/C18H25F2NO4/c1-12(2)7-6-8-13(3)21-16(22)11-24-17(23)14-9-4-5-10-15(14)25-18(19)20/h4-5,9-10,12-13,18H,6-8,11H2,1-3H3,(H,21,22). The van der Waals surface area contributed by atoms with Gasteiger partial charge in [-0.3, -0.25) is 4.79 Å². The lowest BCUT2D eigenvalue weighted by Crippen LogP contribution is -2.35. The Morgan fingerprint density at radius 1 is 1.12 bits per heavy atom. The Morgan fingerprint density at radius 3 is 2.44 bits per heavy atom. The normalized spacial score (nSPS) is 12.1. The summed E-state index contributed by atoms with van der Waals surface area (Å²) in [5.74, 6) is -0.999. The molecule has 0 radical (unpaired) electrons. The van der Waals surface area contributed by atoms with E-state index in [4.69, 9.17) is 4.74 Å². The van der Waals surface area contributed by atoms with Crippen molar-refractivity contribution < 1.29 is 27.8 Å². The lowest BCUT2D eigenvalue weighted by Gasteiger charge is -2.15. The van der Waals surface area contributed by atoms with E-state index in [1.807, 2.05) is 6.92 Å². The molecule has 1 rings (SSSR count). The highest BCUT2D eigenvalue weighted by Gasteiger charge is 2.18. The average Bonchev–Trinajstić information content (AvgIpc) is 2.52. The molecule has 25 heavy (non-hydrogen) atoms. The SMILES string of the molecule is CC(C)CCCC(C)NC(=O)COC(=O)c1ccccc1OC(F)F. The number of carbonyl (C=O) groups excluding carboxylic acids is 2. The van der Waals surface area contributed by atoms with E-state index < -0.39 is 25.1 Å². The molecule has 0 fully saturated rings. The van der Waals surface area contributed by atoms with Gasteiger partial charge in [-0.2, -0.15) is 8.78 Å². The van der Waals surface area contributed by atoms with Crippen molar-refractivity contribution in [3.05, 3.63) is 29.8 Å². The molecule has 0 spiro atoms. The minimum Gasteiger partial charge on any atom is -0.452 e. The van der Waals surface area contributed by atoms with Crippen molar-refractivity contribution in [2.45, 2.75) is 52.7 Å². The number of rotatable bonds is 10.